The summed E-state index contributed by atoms with van der Waals surface area (Å²) >= 11 is 1.56. The SMILES string of the molecule is CC1CCCC(N=c2sc(-c3ccc(S(C)(=O)=O)cc3)nn2C)C1. The van der Waals surface area contributed by atoms with Crippen LogP contribution in [-0.2, 0) is 16.9 Å². The largest absolute Gasteiger partial charge is 0.254 e. The van der Waals surface area contributed by atoms with Crippen LogP contribution in [0.15, 0.2) is 34.2 Å². The maximum absolute atomic E-state index is 11.6. The van der Waals surface area contributed by atoms with E-state index in [1.54, 1.807) is 23.5 Å². The van der Waals surface area contributed by atoms with Gasteiger partial charge in [0, 0.05) is 18.9 Å². The van der Waals surface area contributed by atoms with Gasteiger partial charge in [-0.25, -0.2) is 13.1 Å². The van der Waals surface area contributed by atoms with Gasteiger partial charge in [0.25, 0.3) is 0 Å². The molecule has 7 heteroatoms. The third-order valence-corrected chi connectivity index (χ3v) is 6.63. The fourth-order valence-corrected chi connectivity index (χ4v) is 4.69. The van der Waals surface area contributed by atoms with E-state index in [1.165, 1.54) is 19.1 Å². The molecule has 1 aromatic heterocycles. The quantitative estimate of drug-likeness (QED) is 0.840. The Kier molecular flexibility index (Phi) is 4.92. The number of nitrogens with zero attached hydrogens (tertiary/aromatic N) is 3. The van der Waals surface area contributed by atoms with E-state index in [0.29, 0.717) is 10.9 Å². The van der Waals surface area contributed by atoms with Gasteiger partial charge in [0.05, 0.1) is 10.9 Å². The van der Waals surface area contributed by atoms with Crippen molar-refractivity contribution < 1.29 is 8.42 Å². The summed E-state index contributed by atoms with van der Waals surface area (Å²) in [5.41, 5.74) is 0.918. The van der Waals surface area contributed by atoms with Crippen LogP contribution in [0.3, 0.4) is 0 Å². The van der Waals surface area contributed by atoms with Crippen LogP contribution < -0.4 is 4.80 Å². The molecule has 1 saturated carbocycles. The van der Waals surface area contributed by atoms with Crippen LogP contribution in [0, 0.1) is 5.92 Å². The van der Waals surface area contributed by atoms with E-state index in [1.807, 2.05) is 23.9 Å². The highest BCUT2D eigenvalue weighted by atomic mass is 32.2. The average molecular weight is 366 g/mol. The zero-order valence-corrected chi connectivity index (χ0v) is 15.9. The lowest BCUT2D eigenvalue weighted by Crippen LogP contribution is -2.21. The molecule has 2 atom stereocenters. The van der Waals surface area contributed by atoms with Crippen LogP contribution >= 0.6 is 11.3 Å². The molecule has 1 aromatic carbocycles. The Bertz CT molecular complexity index is 879. The summed E-state index contributed by atoms with van der Waals surface area (Å²) in [6.45, 7) is 2.29. The number of benzene rings is 1. The monoisotopic (exact) mass is 365 g/mol. The van der Waals surface area contributed by atoms with E-state index in [4.69, 9.17) is 4.99 Å². The second-order valence-electron chi connectivity index (χ2n) is 6.66. The molecule has 130 valence electrons. The second-order valence-corrected chi connectivity index (χ2v) is 9.64. The average Bonchev–Trinajstić information content (AvgIpc) is 2.88. The van der Waals surface area contributed by atoms with Gasteiger partial charge in [0.1, 0.15) is 5.01 Å². The van der Waals surface area contributed by atoms with Gasteiger partial charge in [-0.3, -0.25) is 4.99 Å². The predicted molar refractivity (Wildman–Crippen MR) is 96.6 cm³/mol. The first-order chi connectivity index (χ1) is 11.3. The van der Waals surface area contributed by atoms with Gasteiger partial charge in [-0.1, -0.05) is 43.2 Å². The van der Waals surface area contributed by atoms with Crippen LogP contribution in [0.1, 0.15) is 32.6 Å². The lowest BCUT2D eigenvalue weighted by molar-refractivity contribution is 0.340. The predicted octanol–water partition coefficient (Wildman–Crippen LogP) is 3.03. The van der Waals surface area contributed by atoms with Crippen molar-refractivity contribution in [2.45, 2.75) is 43.5 Å². The maximum atomic E-state index is 11.6. The third-order valence-electron chi connectivity index (χ3n) is 4.44. The molecule has 1 fully saturated rings. The Morgan fingerprint density at radius 1 is 1.25 bits per heavy atom. The summed E-state index contributed by atoms with van der Waals surface area (Å²) in [5.74, 6) is 0.744. The Labute approximate surface area is 147 Å². The van der Waals surface area contributed by atoms with Crippen LogP contribution in [0.4, 0.5) is 0 Å². The van der Waals surface area contributed by atoms with Gasteiger partial charge >= 0.3 is 0 Å². The van der Waals surface area contributed by atoms with Crippen LogP contribution in [-0.4, -0.2) is 30.5 Å². The molecule has 0 N–H and O–H groups in total. The van der Waals surface area contributed by atoms with Crippen LogP contribution in [0.25, 0.3) is 10.6 Å². The number of rotatable bonds is 3. The van der Waals surface area contributed by atoms with Gasteiger partial charge in [-0.05, 0) is 30.9 Å². The Hall–Kier alpha value is -1.47. The molecule has 24 heavy (non-hydrogen) atoms. The van der Waals surface area contributed by atoms with Gasteiger partial charge in [0.15, 0.2) is 9.84 Å². The zero-order valence-electron chi connectivity index (χ0n) is 14.3. The minimum absolute atomic E-state index is 0.327. The Morgan fingerprint density at radius 2 is 1.96 bits per heavy atom. The molecule has 0 radical (unpaired) electrons. The van der Waals surface area contributed by atoms with Crippen molar-refractivity contribution in [1.82, 2.24) is 9.78 Å². The highest BCUT2D eigenvalue weighted by Crippen LogP contribution is 2.26. The number of sulfone groups is 1. The highest BCUT2D eigenvalue weighted by molar-refractivity contribution is 7.90. The third kappa shape index (κ3) is 3.95. The summed E-state index contributed by atoms with van der Waals surface area (Å²) in [4.78, 5) is 6.15. The minimum Gasteiger partial charge on any atom is -0.254 e. The van der Waals surface area contributed by atoms with Crippen molar-refractivity contribution in [1.29, 1.82) is 0 Å². The van der Waals surface area contributed by atoms with Crippen molar-refractivity contribution >= 4 is 21.2 Å². The van der Waals surface area contributed by atoms with Crippen molar-refractivity contribution in [2.75, 3.05) is 6.26 Å². The van der Waals surface area contributed by atoms with Crippen LogP contribution in [0.5, 0.6) is 0 Å². The maximum Gasteiger partial charge on any atom is 0.203 e. The standard InChI is InChI=1S/C17H23N3O2S2/c1-12-5-4-6-14(11-12)18-17-20(2)19-16(23-17)13-7-9-15(10-8-13)24(3,21)22/h7-10,12,14H,4-6,11H2,1-3H3. The summed E-state index contributed by atoms with van der Waals surface area (Å²) in [7, 11) is -1.26. The molecule has 2 aromatic rings. The number of aromatic nitrogens is 2. The molecule has 1 aliphatic carbocycles. The van der Waals surface area contributed by atoms with Crippen LogP contribution in [0.2, 0.25) is 0 Å². The first-order valence-corrected chi connectivity index (χ1v) is 10.9. The normalized spacial score (nSPS) is 22.7. The van der Waals surface area contributed by atoms with Crippen molar-refractivity contribution in [3.05, 3.63) is 29.1 Å². The van der Waals surface area contributed by atoms with E-state index >= 15 is 0 Å². The molecular weight excluding hydrogens is 342 g/mol. The van der Waals surface area contributed by atoms with Gasteiger partial charge in [0.2, 0.25) is 4.80 Å². The topological polar surface area (TPSA) is 64.3 Å². The first-order valence-electron chi connectivity index (χ1n) is 8.21. The minimum atomic E-state index is -3.17. The first kappa shape index (κ1) is 17.4. The second kappa shape index (κ2) is 6.80. The summed E-state index contributed by atoms with van der Waals surface area (Å²) < 4.78 is 24.9. The number of aryl methyl sites for hydroxylation is 1. The fourth-order valence-electron chi connectivity index (χ4n) is 3.10. The van der Waals surface area contributed by atoms with E-state index in [0.717, 1.165) is 34.1 Å². The Balaban J connectivity index is 1.88. The van der Waals surface area contributed by atoms with E-state index in [-0.39, 0.29) is 0 Å². The van der Waals surface area contributed by atoms with Gasteiger partial charge in [-0.15, -0.1) is 0 Å². The van der Waals surface area contributed by atoms with E-state index in [2.05, 4.69) is 12.0 Å². The van der Waals surface area contributed by atoms with Crippen molar-refractivity contribution in [2.24, 2.45) is 18.0 Å². The zero-order chi connectivity index (χ0) is 17.3. The number of hydrogen-bond donors (Lipinski definition) is 0. The molecular formula is C17H23N3O2S2. The highest BCUT2D eigenvalue weighted by Gasteiger charge is 2.18. The van der Waals surface area contributed by atoms with Crippen molar-refractivity contribution in [3.8, 4) is 10.6 Å². The summed E-state index contributed by atoms with van der Waals surface area (Å²) in [5, 5.41) is 5.41. The molecule has 0 amide bonds. The molecule has 0 aliphatic heterocycles. The molecule has 1 aliphatic rings. The lowest BCUT2D eigenvalue weighted by atomic mass is 9.87. The lowest BCUT2D eigenvalue weighted by Gasteiger charge is -2.23. The molecule has 0 saturated heterocycles. The van der Waals surface area contributed by atoms with Gasteiger partial charge in [-0.2, -0.15) is 5.10 Å². The molecule has 2 unspecified atom stereocenters. The molecule has 3 rings (SSSR count). The van der Waals surface area contributed by atoms with E-state index < -0.39 is 9.84 Å². The summed E-state index contributed by atoms with van der Waals surface area (Å²) in [6.07, 6.45) is 6.07. The molecule has 5 nitrogen and oxygen atoms in total. The van der Waals surface area contributed by atoms with E-state index in [9.17, 15) is 8.42 Å². The molecule has 0 bridgehead atoms. The van der Waals surface area contributed by atoms with Gasteiger partial charge < -0.3 is 0 Å². The smallest absolute Gasteiger partial charge is 0.203 e. The van der Waals surface area contributed by atoms with Crippen molar-refractivity contribution in [3.63, 3.8) is 0 Å². The molecule has 1 heterocycles. The fraction of sp³-hybridized carbons (Fsp3) is 0.529. The molecule has 0 spiro atoms. The Morgan fingerprint density at radius 3 is 2.58 bits per heavy atom. The number of hydrogen-bond acceptors (Lipinski definition) is 5. The summed E-state index contributed by atoms with van der Waals surface area (Å²) in [6, 6.07) is 7.27.